The molecular formula is C44H72N12O17. The Labute approximate surface area is 420 Å². The van der Waals surface area contributed by atoms with Crippen molar-refractivity contribution < 1.29 is 83.4 Å². The zero-order valence-corrected chi connectivity index (χ0v) is 41.2. The zero-order chi connectivity index (χ0) is 55.7. The number of primary amides is 1. The van der Waals surface area contributed by atoms with Crippen LogP contribution >= 0.6 is 0 Å². The first-order chi connectivity index (χ1) is 34.2. The van der Waals surface area contributed by atoms with Crippen LogP contribution in [0.2, 0.25) is 0 Å². The van der Waals surface area contributed by atoms with Gasteiger partial charge in [-0.2, -0.15) is 0 Å². The molecule has 1 aromatic carbocycles. The van der Waals surface area contributed by atoms with Crippen LogP contribution < -0.4 is 65.1 Å². The van der Waals surface area contributed by atoms with E-state index in [1.807, 2.05) is 0 Å². The predicted molar refractivity (Wildman–Crippen MR) is 255 cm³/mol. The summed E-state index contributed by atoms with van der Waals surface area (Å²) in [7, 11) is 0. The molecule has 0 spiro atoms. The molecule has 0 fully saturated rings. The standard InChI is InChI=1S/C44H72N12O17/c1-20(2)32(40(68)49-25(44(72)73)13-9-10-14-45)53-42(70)35(23(5)61)56-43(71)34(22(4)60)55-39(67)29(19-58)52-41(69)33(21(3)59)54-37(65)26(15-24-11-7-6-8-12-24)50-36(64)27(16-30(47)62)51-38(66)28(18-57)48-31(63)17-46/h6-8,11-12,20-23,25-29,32-35,57-61H,9-10,13-19,45-46H2,1-5H3,(H2,47,62)(H,48,63)(H,49,68)(H,50,64)(H,51,66)(H,52,69)(H,53,70)(H,54,65)(H,55,67)(H,56,71)(H,72,73)/t21-,22-,23-,25+,26+,27+,28+,29+,32+,33+,34+,35+/m1/s1. The molecule has 73 heavy (non-hydrogen) atoms. The third-order valence-corrected chi connectivity index (χ3v) is 10.8. The number of benzene rings is 1. The Bertz CT molecular complexity index is 2040. The number of aliphatic carboxylic acids is 1. The Kier molecular flexibility index (Phi) is 28.3. The summed E-state index contributed by atoms with van der Waals surface area (Å²) in [5.41, 5.74) is 16.5. The first kappa shape index (κ1) is 64.1. The van der Waals surface area contributed by atoms with Crippen LogP contribution in [0.3, 0.4) is 0 Å². The van der Waals surface area contributed by atoms with Crippen LogP contribution in [-0.2, 0) is 59.2 Å². The van der Waals surface area contributed by atoms with Gasteiger partial charge in [0.15, 0.2) is 0 Å². The molecule has 0 saturated heterocycles. The van der Waals surface area contributed by atoms with E-state index in [0.717, 1.165) is 20.8 Å². The van der Waals surface area contributed by atoms with Gasteiger partial charge in [0, 0.05) is 6.42 Å². The highest BCUT2D eigenvalue weighted by Gasteiger charge is 2.38. The summed E-state index contributed by atoms with van der Waals surface area (Å²) in [4.78, 5) is 143. The maximum Gasteiger partial charge on any atom is 0.326 e. The molecule has 0 aliphatic carbocycles. The lowest BCUT2D eigenvalue weighted by molar-refractivity contribution is -0.143. The van der Waals surface area contributed by atoms with Gasteiger partial charge in [-0.3, -0.25) is 47.9 Å². The van der Waals surface area contributed by atoms with E-state index in [9.17, 15) is 83.4 Å². The number of hydrogen-bond donors (Lipinski definition) is 18. The minimum absolute atomic E-state index is 0.0359. The molecule has 10 amide bonds. The molecule has 0 aliphatic rings. The van der Waals surface area contributed by atoms with Gasteiger partial charge in [0.1, 0.15) is 54.4 Å². The molecule has 29 heteroatoms. The molecule has 0 radical (unpaired) electrons. The molecule has 0 unspecified atom stereocenters. The highest BCUT2D eigenvalue weighted by molar-refractivity contribution is 5.99. The van der Waals surface area contributed by atoms with Crippen LogP contribution in [0.25, 0.3) is 0 Å². The molecule has 0 bridgehead atoms. The molecule has 21 N–H and O–H groups in total. The number of amides is 10. The smallest absolute Gasteiger partial charge is 0.326 e. The number of carbonyl (C=O) groups excluding carboxylic acids is 10. The van der Waals surface area contributed by atoms with E-state index in [-0.39, 0.29) is 19.4 Å². The van der Waals surface area contributed by atoms with E-state index < -0.39 is 170 Å². The number of carbonyl (C=O) groups is 11. The summed E-state index contributed by atoms with van der Waals surface area (Å²) in [6, 6.07) is -7.57. The largest absolute Gasteiger partial charge is 0.480 e. The average molecular weight is 1040 g/mol. The number of unbranched alkanes of at least 4 members (excludes halogenated alkanes) is 1. The second kappa shape index (κ2) is 32.2. The molecule has 410 valence electrons. The van der Waals surface area contributed by atoms with Crippen LogP contribution in [0, 0.1) is 5.92 Å². The second-order valence-electron chi connectivity index (χ2n) is 17.3. The SMILES string of the molecule is CC(C)[C@H](NC(=O)[C@@H](NC(=O)[C@@H](NC(=O)[C@H](CO)NC(=O)[C@@H](NC(=O)[C@H](Cc1ccccc1)NC(=O)[C@H](CC(N)=O)NC(=O)[C@H](CO)NC(=O)CN)[C@@H](C)O)[C@@H](C)O)[C@@H](C)O)C(=O)N[C@@H](CCCCN)C(=O)O. The molecule has 12 atom stereocenters. The minimum atomic E-state index is -1.97. The fourth-order valence-electron chi connectivity index (χ4n) is 6.67. The lowest BCUT2D eigenvalue weighted by Crippen LogP contribution is -2.64. The molecule has 0 saturated carbocycles. The van der Waals surface area contributed by atoms with Gasteiger partial charge in [0.2, 0.25) is 59.1 Å². The number of aliphatic hydroxyl groups is 5. The van der Waals surface area contributed by atoms with Crippen molar-refractivity contribution in [1.29, 1.82) is 0 Å². The van der Waals surface area contributed by atoms with Crippen molar-refractivity contribution >= 4 is 65.0 Å². The Hall–Kier alpha value is -6.89. The van der Waals surface area contributed by atoms with Crippen molar-refractivity contribution in [2.24, 2.45) is 23.1 Å². The normalized spacial score (nSPS) is 16.1. The molecule has 1 aromatic rings. The van der Waals surface area contributed by atoms with Crippen LogP contribution in [0.5, 0.6) is 0 Å². The van der Waals surface area contributed by atoms with E-state index in [0.29, 0.717) is 18.4 Å². The molecular weight excluding hydrogens is 969 g/mol. The minimum Gasteiger partial charge on any atom is -0.480 e. The third kappa shape index (κ3) is 22.2. The number of aliphatic hydroxyl groups excluding tert-OH is 5. The summed E-state index contributed by atoms with van der Waals surface area (Å²) in [6.45, 7) is 3.84. The van der Waals surface area contributed by atoms with Gasteiger partial charge in [0.25, 0.3) is 0 Å². The Balaban J connectivity index is 3.33. The van der Waals surface area contributed by atoms with Crippen LogP contribution in [-0.4, -0.2) is 195 Å². The van der Waals surface area contributed by atoms with Gasteiger partial charge in [-0.25, -0.2) is 4.79 Å². The zero-order valence-electron chi connectivity index (χ0n) is 41.2. The third-order valence-electron chi connectivity index (χ3n) is 10.8. The Morgan fingerprint density at radius 3 is 1.32 bits per heavy atom. The highest BCUT2D eigenvalue weighted by Crippen LogP contribution is 2.10. The van der Waals surface area contributed by atoms with Crippen LogP contribution in [0.1, 0.15) is 65.9 Å². The molecule has 0 aliphatic heterocycles. The maximum atomic E-state index is 13.9. The number of carboxylic acids is 1. The van der Waals surface area contributed by atoms with Crippen molar-refractivity contribution in [2.75, 3.05) is 26.3 Å². The Morgan fingerprint density at radius 2 is 0.877 bits per heavy atom. The lowest BCUT2D eigenvalue weighted by atomic mass is 10.0. The molecule has 1 rings (SSSR count). The van der Waals surface area contributed by atoms with Crippen LogP contribution in [0.15, 0.2) is 30.3 Å². The topological polar surface area (TPSA) is 495 Å². The van der Waals surface area contributed by atoms with E-state index >= 15 is 0 Å². The van der Waals surface area contributed by atoms with E-state index in [4.69, 9.17) is 17.2 Å². The lowest BCUT2D eigenvalue weighted by Gasteiger charge is -2.30. The number of rotatable bonds is 33. The summed E-state index contributed by atoms with van der Waals surface area (Å²) in [6.07, 6.45) is -5.46. The van der Waals surface area contributed by atoms with Gasteiger partial charge in [-0.1, -0.05) is 44.2 Å². The maximum absolute atomic E-state index is 13.9. The fraction of sp³-hybridized carbons (Fsp3) is 0.614. The van der Waals surface area contributed by atoms with Gasteiger partial charge in [0.05, 0.1) is 44.5 Å². The van der Waals surface area contributed by atoms with Crippen molar-refractivity contribution in [1.82, 2.24) is 47.9 Å². The van der Waals surface area contributed by atoms with Crippen molar-refractivity contribution in [3.8, 4) is 0 Å². The average Bonchev–Trinajstić information content (AvgIpc) is 3.32. The number of hydrogen-bond acceptors (Lipinski definition) is 18. The van der Waals surface area contributed by atoms with Gasteiger partial charge in [-0.05, 0) is 58.1 Å². The van der Waals surface area contributed by atoms with Crippen LogP contribution in [0.4, 0.5) is 0 Å². The number of nitrogens with one attached hydrogen (secondary N) is 9. The first-order valence-corrected chi connectivity index (χ1v) is 23.2. The molecule has 0 heterocycles. The summed E-state index contributed by atoms with van der Waals surface area (Å²) in [5, 5.41) is 81.1. The molecule has 0 aromatic heterocycles. The monoisotopic (exact) mass is 1040 g/mol. The van der Waals surface area contributed by atoms with E-state index in [1.165, 1.54) is 13.8 Å². The van der Waals surface area contributed by atoms with Gasteiger partial charge < -0.3 is 95.7 Å². The van der Waals surface area contributed by atoms with Gasteiger partial charge >= 0.3 is 5.97 Å². The summed E-state index contributed by atoms with van der Waals surface area (Å²) in [5.74, 6) is -13.3. The van der Waals surface area contributed by atoms with Crippen molar-refractivity contribution in [3.05, 3.63) is 35.9 Å². The van der Waals surface area contributed by atoms with Gasteiger partial charge in [-0.15, -0.1) is 0 Å². The second-order valence-corrected chi connectivity index (χ2v) is 17.3. The van der Waals surface area contributed by atoms with Crippen molar-refractivity contribution in [2.45, 2.75) is 139 Å². The number of carboxylic acid groups (broad SMARTS) is 1. The van der Waals surface area contributed by atoms with Crippen molar-refractivity contribution in [3.63, 3.8) is 0 Å². The highest BCUT2D eigenvalue weighted by atomic mass is 16.4. The number of nitrogens with two attached hydrogens (primary N) is 3. The first-order valence-electron chi connectivity index (χ1n) is 23.2. The fourth-order valence-corrected chi connectivity index (χ4v) is 6.67. The molecule has 29 nitrogen and oxygen atoms in total. The quantitative estimate of drug-likeness (QED) is 0.0291. The van der Waals surface area contributed by atoms with E-state index in [1.54, 1.807) is 30.3 Å². The van der Waals surface area contributed by atoms with E-state index in [2.05, 4.69) is 47.9 Å². The summed E-state index contributed by atoms with van der Waals surface area (Å²) >= 11 is 0. The predicted octanol–water partition coefficient (Wildman–Crippen LogP) is -8.58. The Morgan fingerprint density at radius 1 is 0.493 bits per heavy atom. The summed E-state index contributed by atoms with van der Waals surface area (Å²) < 4.78 is 0.